The van der Waals surface area contributed by atoms with Gasteiger partial charge in [-0.2, -0.15) is 12.6 Å². The third kappa shape index (κ3) is 6.48. The molecule has 1 aliphatic rings. The van der Waals surface area contributed by atoms with Gasteiger partial charge in [-0.3, -0.25) is 9.80 Å². The van der Waals surface area contributed by atoms with E-state index in [9.17, 15) is 0 Å². The lowest BCUT2D eigenvalue weighted by molar-refractivity contribution is 0.0941. The van der Waals surface area contributed by atoms with Gasteiger partial charge in [0.05, 0.1) is 13.2 Å². The van der Waals surface area contributed by atoms with Crippen molar-refractivity contribution in [2.24, 2.45) is 0 Å². The van der Waals surface area contributed by atoms with E-state index in [-0.39, 0.29) is 5.25 Å². The van der Waals surface area contributed by atoms with Crippen LogP contribution >= 0.6 is 12.6 Å². The number of hydrogen-bond acceptors (Lipinski definition) is 4. The molecule has 1 saturated heterocycles. The van der Waals surface area contributed by atoms with Crippen LogP contribution in [0.4, 0.5) is 0 Å². The first-order chi connectivity index (χ1) is 12.3. The van der Waals surface area contributed by atoms with Gasteiger partial charge in [-0.25, -0.2) is 0 Å². The zero-order valence-electron chi connectivity index (χ0n) is 14.8. The second kappa shape index (κ2) is 9.97. The summed E-state index contributed by atoms with van der Waals surface area (Å²) in [7, 11) is 0. The number of hydrogen-bond donors (Lipinski definition) is 1. The largest absolute Gasteiger partial charge is 0.376 e. The molecule has 0 aliphatic carbocycles. The smallest absolute Gasteiger partial charge is 0.0717 e. The molecule has 4 heteroatoms. The van der Waals surface area contributed by atoms with E-state index in [0.29, 0.717) is 13.2 Å². The molecule has 1 heterocycles. The minimum absolute atomic E-state index is 0.268. The maximum atomic E-state index is 5.81. The molecule has 2 aromatic rings. The number of benzene rings is 2. The SMILES string of the molecule is SC(COCc1ccccc1)CN1CCN(Cc2ccccc2)CC1. The summed E-state index contributed by atoms with van der Waals surface area (Å²) < 4.78 is 5.81. The molecule has 0 amide bonds. The van der Waals surface area contributed by atoms with E-state index in [1.54, 1.807) is 0 Å². The molecule has 1 unspecified atom stereocenters. The van der Waals surface area contributed by atoms with Crippen LogP contribution in [0.25, 0.3) is 0 Å². The van der Waals surface area contributed by atoms with Gasteiger partial charge < -0.3 is 4.74 Å². The van der Waals surface area contributed by atoms with Crippen LogP contribution in [0, 0.1) is 0 Å². The first kappa shape index (κ1) is 18.5. The molecule has 1 aliphatic heterocycles. The van der Waals surface area contributed by atoms with Crippen molar-refractivity contribution < 1.29 is 4.74 Å². The zero-order valence-corrected chi connectivity index (χ0v) is 15.7. The summed E-state index contributed by atoms with van der Waals surface area (Å²) in [4.78, 5) is 5.04. The van der Waals surface area contributed by atoms with Crippen LogP contribution in [-0.2, 0) is 17.9 Å². The van der Waals surface area contributed by atoms with Gasteiger partial charge in [0.25, 0.3) is 0 Å². The van der Waals surface area contributed by atoms with Gasteiger partial charge >= 0.3 is 0 Å². The number of thiol groups is 1. The normalized spacial score (nSPS) is 17.5. The van der Waals surface area contributed by atoms with Crippen molar-refractivity contribution in [3.63, 3.8) is 0 Å². The molecular formula is C21H28N2OS. The maximum Gasteiger partial charge on any atom is 0.0717 e. The Hall–Kier alpha value is -1.33. The van der Waals surface area contributed by atoms with E-state index in [0.717, 1.165) is 39.3 Å². The Bertz CT molecular complexity index is 600. The van der Waals surface area contributed by atoms with Crippen LogP contribution in [0.5, 0.6) is 0 Å². The number of nitrogens with zero attached hydrogens (tertiary/aromatic N) is 2. The number of rotatable bonds is 8. The van der Waals surface area contributed by atoms with Gasteiger partial charge in [-0.1, -0.05) is 60.7 Å². The molecule has 3 rings (SSSR count). The Labute approximate surface area is 157 Å². The fourth-order valence-electron chi connectivity index (χ4n) is 3.21. The Kier molecular flexibility index (Phi) is 7.37. The topological polar surface area (TPSA) is 15.7 Å². The Morgan fingerprint density at radius 3 is 2.00 bits per heavy atom. The summed E-state index contributed by atoms with van der Waals surface area (Å²) in [6.45, 7) is 7.90. The average molecular weight is 357 g/mol. The highest BCUT2D eigenvalue weighted by atomic mass is 32.1. The number of ether oxygens (including phenoxy) is 1. The Balaban J connectivity index is 1.31. The van der Waals surface area contributed by atoms with Crippen molar-refractivity contribution in [2.75, 3.05) is 39.3 Å². The van der Waals surface area contributed by atoms with Gasteiger partial charge in [0.1, 0.15) is 0 Å². The van der Waals surface area contributed by atoms with E-state index in [2.05, 4.69) is 52.3 Å². The lowest BCUT2D eigenvalue weighted by Crippen LogP contribution is -2.47. The predicted octanol–water partition coefficient (Wildman–Crippen LogP) is 3.32. The van der Waals surface area contributed by atoms with Crippen LogP contribution in [0.3, 0.4) is 0 Å². The summed E-state index contributed by atoms with van der Waals surface area (Å²) in [5.41, 5.74) is 2.62. The van der Waals surface area contributed by atoms with Crippen molar-refractivity contribution in [1.29, 1.82) is 0 Å². The highest BCUT2D eigenvalue weighted by Gasteiger charge is 2.18. The second-order valence-electron chi connectivity index (χ2n) is 6.72. The van der Waals surface area contributed by atoms with Crippen molar-refractivity contribution in [1.82, 2.24) is 9.80 Å². The maximum absolute atomic E-state index is 5.81. The van der Waals surface area contributed by atoms with Crippen molar-refractivity contribution in [3.8, 4) is 0 Å². The van der Waals surface area contributed by atoms with E-state index in [1.807, 2.05) is 18.2 Å². The van der Waals surface area contributed by atoms with Crippen LogP contribution < -0.4 is 0 Å². The first-order valence-corrected chi connectivity index (χ1v) is 9.59. The Morgan fingerprint density at radius 1 is 0.800 bits per heavy atom. The highest BCUT2D eigenvalue weighted by Crippen LogP contribution is 2.10. The molecule has 1 atom stereocenters. The third-order valence-corrected chi connectivity index (χ3v) is 4.92. The molecule has 0 N–H and O–H groups in total. The molecule has 0 radical (unpaired) electrons. The standard InChI is InChI=1S/C21H28N2OS/c25-21(18-24-17-20-9-5-2-6-10-20)16-23-13-11-22(12-14-23)15-19-7-3-1-4-8-19/h1-10,21,25H,11-18H2. The molecule has 134 valence electrons. The summed E-state index contributed by atoms with van der Waals surface area (Å²) in [6, 6.07) is 21.0. The molecular weight excluding hydrogens is 328 g/mol. The van der Waals surface area contributed by atoms with Crippen molar-refractivity contribution >= 4 is 12.6 Å². The monoisotopic (exact) mass is 356 g/mol. The van der Waals surface area contributed by atoms with Crippen LogP contribution in [-0.4, -0.2) is 54.4 Å². The van der Waals surface area contributed by atoms with Gasteiger partial charge in [0.15, 0.2) is 0 Å². The summed E-state index contributed by atoms with van der Waals surface area (Å²) in [5.74, 6) is 0. The lowest BCUT2D eigenvalue weighted by atomic mass is 10.2. The van der Waals surface area contributed by atoms with Gasteiger partial charge in [0, 0.05) is 44.5 Å². The van der Waals surface area contributed by atoms with Crippen molar-refractivity contribution in [3.05, 3.63) is 71.8 Å². The quantitative estimate of drug-likeness (QED) is 0.731. The van der Waals surface area contributed by atoms with Gasteiger partial charge in [-0.15, -0.1) is 0 Å². The molecule has 2 aromatic carbocycles. The van der Waals surface area contributed by atoms with Gasteiger partial charge in [0.2, 0.25) is 0 Å². The predicted molar refractivity (Wildman–Crippen MR) is 107 cm³/mol. The van der Waals surface area contributed by atoms with Crippen molar-refractivity contribution in [2.45, 2.75) is 18.4 Å². The molecule has 0 bridgehead atoms. The van der Waals surface area contributed by atoms with Gasteiger partial charge in [-0.05, 0) is 11.1 Å². The first-order valence-electron chi connectivity index (χ1n) is 9.08. The summed E-state index contributed by atoms with van der Waals surface area (Å²) in [6.07, 6.45) is 0. The third-order valence-electron chi connectivity index (χ3n) is 4.60. The zero-order chi connectivity index (χ0) is 17.3. The minimum Gasteiger partial charge on any atom is -0.376 e. The molecule has 25 heavy (non-hydrogen) atoms. The lowest BCUT2D eigenvalue weighted by Gasteiger charge is -2.35. The molecule has 0 spiro atoms. The molecule has 0 saturated carbocycles. The van der Waals surface area contributed by atoms with Crippen LogP contribution in [0.2, 0.25) is 0 Å². The fourth-order valence-corrected chi connectivity index (χ4v) is 3.55. The average Bonchev–Trinajstić information content (AvgIpc) is 2.65. The molecule has 1 fully saturated rings. The molecule has 3 nitrogen and oxygen atoms in total. The second-order valence-corrected chi connectivity index (χ2v) is 7.45. The fraction of sp³-hybridized carbons (Fsp3) is 0.429. The summed E-state index contributed by atoms with van der Waals surface area (Å²) in [5, 5.41) is 0.268. The van der Waals surface area contributed by atoms with Crippen LogP contribution in [0.1, 0.15) is 11.1 Å². The highest BCUT2D eigenvalue weighted by molar-refractivity contribution is 7.81. The number of piperazine rings is 1. The Morgan fingerprint density at radius 2 is 1.36 bits per heavy atom. The minimum atomic E-state index is 0.268. The molecule has 0 aromatic heterocycles. The van der Waals surface area contributed by atoms with E-state index in [1.165, 1.54) is 11.1 Å². The summed E-state index contributed by atoms with van der Waals surface area (Å²) >= 11 is 4.71. The van der Waals surface area contributed by atoms with Crippen LogP contribution in [0.15, 0.2) is 60.7 Å². The van der Waals surface area contributed by atoms with E-state index in [4.69, 9.17) is 17.4 Å². The van der Waals surface area contributed by atoms with E-state index >= 15 is 0 Å². The van der Waals surface area contributed by atoms with E-state index < -0.39 is 0 Å².